The molecule has 1 amide bonds. The zero-order valence-corrected chi connectivity index (χ0v) is 48.3. The Kier molecular flexibility index (Phi) is 22.1. The highest BCUT2D eigenvalue weighted by atomic mass is 16.7. The van der Waals surface area contributed by atoms with Gasteiger partial charge in [0, 0.05) is 31.6 Å². The normalized spacial score (nSPS) is 27.9. The number of aliphatic hydroxyl groups is 2. The molecule has 3 fully saturated rings. The Morgan fingerprint density at radius 1 is 0.873 bits per heavy atom. The number of ketones is 1. The number of alkyl carbamates (subject to hydrolysis) is 1. The zero-order chi connectivity index (χ0) is 58.5. The van der Waals surface area contributed by atoms with E-state index >= 15 is 9.59 Å². The number of benzene rings is 1. The average Bonchev–Trinajstić information content (AvgIpc) is 2.69. The Morgan fingerprint density at radius 2 is 1.51 bits per heavy atom. The number of carbonyl (C=O) groups is 7. The summed E-state index contributed by atoms with van der Waals surface area (Å²) in [4.78, 5) is 99.4. The van der Waals surface area contributed by atoms with Crippen LogP contribution in [0.1, 0.15) is 164 Å². The van der Waals surface area contributed by atoms with Crippen LogP contribution < -0.4 is 5.32 Å². The van der Waals surface area contributed by atoms with Crippen molar-refractivity contribution in [2.24, 2.45) is 16.7 Å². The summed E-state index contributed by atoms with van der Waals surface area (Å²) in [6, 6.07) is 6.43. The van der Waals surface area contributed by atoms with Gasteiger partial charge in [-0.25, -0.2) is 19.2 Å². The number of fused-ring (bicyclic) bond motifs is 5. The topological polar surface area (TPSA) is 246 Å². The average molecular weight is 1100 g/mol. The minimum Gasteiger partial charge on any atom is -0.455 e. The van der Waals surface area contributed by atoms with Gasteiger partial charge in [-0.1, -0.05) is 106 Å². The van der Waals surface area contributed by atoms with Crippen LogP contribution >= 0.6 is 0 Å². The number of nitrogens with one attached hydrogen (secondary N) is 1. The van der Waals surface area contributed by atoms with Gasteiger partial charge in [-0.2, -0.15) is 0 Å². The monoisotopic (exact) mass is 1100 g/mol. The molecule has 1 aromatic carbocycles. The maximum Gasteiger partial charge on any atom is 0.509 e. The van der Waals surface area contributed by atoms with E-state index in [9.17, 15) is 34.2 Å². The van der Waals surface area contributed by atoms with Crippen LogP contribution in [0.3, 0.4) is 0 Å². The lowest BCUT2D eigenvalue weighted by Crippen LogP contribution is -2.82. The lowest BCUT2D eigenvalue weighted by Gasteiger charge is -2.67. The molecule has 1 saturated heterocycles. The van der Waals surface area contributed by atoms with E-state index in [1.54, 1.807) is 52.8 Å². The molecule has 1 heterocycles. The standard InChI is InChI=1S/C61H85NO17/c1-13-14-15-16-17-18-19-20-21-22-23-24-25-26-30-33-46(65)75-48(42(34-38(2)3)62-55(69)79-57(6,7)8)54(68)74-43-36-61(71)52(77-53(67)41-31-28-27-29-32-41)50-59(11,44(64)35-45-60(50,37-73-45)78-40(5)63)51(66)49(76-56(70)72-12)47(39(43)4)58(61,9)10/h15-16,18-19,21-22,27-29,31-32,34,42-45,48-50,52,64,71H,13-14,17,20,23-26,30,33,35-37H2,1-12H3,(H,62,69)/b16-15-,19-18-,22-21-/t42-,43-,44-,45+,48+,49+,50?,52?,59+,60-,61+/m0/s1. The molecule has 3 aliphatic carbocycles. The van der Waals surface area contributed by atoms with Crippen LogP contribution in [-0.2, 0) is 57.1 Å². The number of aliphatic hydroxyl groups excluding tert-OH is 1. The molecule has 18 heteroatoms. The molecule has 5 rings (SSSR count). The summed E-state index contributed by atoms with van der Waals surface area (Å²) >= 11 is 0. The van der Waals surface area contributed by atoms with Gasteiger partial charge in [0.25, 0.3) is 0 Å². The van der Waals surface area contributed by atoms with E-state index in [0.29, 0.717) is 18.4 Å². The predicted molar refractivity (Wildman–Crippen MR) is 292 cm³/mol. The molecule has 2 saturated carbocycles. The quantitative estimate of drug-likeness (QED) is 0.0399. The molecule has 1 aromatic rings. The first-order valence-electron chi connectivity index (χ1n) is 27.7. The van der Waals surface area contributed by atoms with E-state index in [4.69, 9.17) is 37.9 Å². The van der Waals surface area contributed by atoms with Gasteiger partial charge in [-0.3, -0.25) is 14.4 Å². The Labute approximate surface area is 465 Å². The van der Waals surface area contributed by atoms with E-state index in [1.165, 1.54) is 45.9 Å². The van der Waals surface area contributed by atoms with Crippen molar-refractivity contribution in [2.75, 3.05) is 13.7 Å². The third kappa shape index (κ3) is 15.0. The number of unbranched alkanes of at least 4 members (excludes halogenated alkanes) is 5. The summed E-state index contributed by atoms with van der Waals surface area (Å²) in [5.41, 5.74) is -8.53. The predicted octanol–water partition coefficient (Wildman–Crippen LogP) is 9.78. The Morgan fingerprint density at radius 3 is 2.09 bits per heavy atom. The molecule has 0 spiro atoms. The van der Waals surface area contributed by atoms with Crippen LogP contribution in [0.5, 0.6) is 0 Å². The molecule has 4 aliphatic rings. The fourth-order valence-electron chi connectivity index (χ4n) is 11.5. The summed E-state index contributed by atoms with van der Waals surface area (Å²) in [5.74, 6) is -6.30. The molecule has 2 unspecified atom stereocenters. The Balaban J connectivity index is 1.56. The highest BCUT2D eigenvalue weighted by Crippen LogP contribution is 2.64. The number of allylic oxidation sites excluding steroid dienone is 7. The summed E-state index contributed by atoms with van der Waals surface area (Å²) in [5, 5.41) is 28.9. The van der Waals surface area contributed by atoms with Crippen molar-refractivity contribution >= 4 is 41.9 Å². The summed E-state index contributed by atoms with van der Waals surface area (Å²) in [6.45, 7) is 17.3. The summed E-state index contributed by atoms with van der Waals surface area (Å²) in [6.07, 6.45) is 8.86. The molecular weight excluding hydrogens is 1020 g/mol. The molecule has 79 heavy (non-hydrogen) atoms. The Bertz CT molecular complexity index is 2500. The van der Waals surface area contributed by atoms with Gasteiger partial charge in [-0.05, 0) is 110 Å². The first-order valence-corrected chi connectivity index (χ1v) is 27.7. The van der Waals surface area contributed by atoms with E-state index in [0.717, 1.165) is 59.0 Å². The first-order chi connectivity index (χ1) is 37.2. The first kappa shape index (κ1) is 63.7. The molecule has 3 N–H and O–H groups in total. The SMILES string of the molecule is CCC/C=C\C/C=C\C/C=C\CCCCCCC(=O)O[C@@H](C(=O)O[C@H]1C[C@@]2(O)C(OC(=O)c3ccccc3)C3[C@](C)(C(=O)[C@H](OC(=O)OC)C(=C1C)C2(C)C)[C@@H](O)C[C@H]1OC[C@@]31OC(C)=O)[C@H](C=C(C)C)NC(=O)OC(C)(C)C. The van der Waals surface area contributed by atoms with Crippen LogP contribution in [0.4, 0.5) is 9.59 Å². The highest BCUT2D eigenvalue weighted by Gasteiger charge is 2.78. The molecule has 0 radical (unpaired) electrons. The Hall–Kier alpha value is -6.11. The van der Waals surface area contributed by atoms with Crippen molar-refractivity contribution in [1.82, 2.24) is 5.32 Å². The molecule has 0 aromatic heterocycles. The van der Waals surface area contributed by atoms with Crippen LogP contribution in [0, 0.1) is 16.7 Å². The zero-order valence-electron chi connectivity index (χ0n) is 48.3. The van der Waals surface area contributed by atoms with Crippen molar-refractivity contribution in [2.45, 2.75) is 213 Å². The lowest BCUT2D eigenvalue weighted by atomic mass is 9.44. The largest absolute Gasteiger partial charge is 0.509 e. The van der Waals surface area contributed by atoms with Gasteiger partial charge < -0.3 is 53.4 Å². The minimum absolute atomic E-state index is 0.0427. The molecule has 2 bridgehead atoms. The van der Waals surface area contributed by atoms with Gasteiger partial charge in [0.05, 0.1) is 42.8 Å². The van der Waals surface area contributed by atoms with Gasteiger partial charge in [-0.15, -0.1) is 0 Å². The number of hydrogen-bond acceptors (Lipinski definition) is 17. The van der Waals surface area contributed by atoms with Crippen LogP contribution in [0.2, 0.25) is 0 Å². The summed E-state index contributed by atoms with van der Waals surface area (Å²) in [7, 11) is 1.03. The van der Waals surface area contributed by atoms with Crippen molar-refractivity contribution in [1.29, 1.82) is 0 Å². The summed E-state index contributed by atoms with van der Waals surface area (Å²) < 4.78 is 47.3. The third-order valence-corrected chi connectivity index (χ3v) is 15.6. The fourth-order valence-corrected chi connectivity index (χ4v) is 11.5. The van der Waals surface area contributed by atoms with Gasteiger partial charge in [0.2, 0.25) is 6.10 Å². The third-order valence-electron chi connectivity index (χ3n) is 15.6. The minimum atomic E-state index is -2.48. The van der Waals surface area contributed by atoms with Crippen LogP contribution in [0.25, 0.3) is 0 Å². The van der Waals surface area contributed by atoms with E-state index < -0.39 is 125 Å². The van der Waals surface area contributed by atoms with Crippen molar-refractivity contribution in [3.63, 3.8) is 0 Å². The lowest BCUT2D eigenvalue weighted by molar-refractivity contribution is -0.346. The molecular formula is C61H85NO17. The molecule has 436 valence electrons. The molecule has 11 atom stereocenters. The second-order valence-electron chi connectivity index (χ2n) is 23.1. The van der Waals surface area contributed by atoms with Crippen molar-refractivity contribution in [3.05, 3.63) is 95.1 Å². The van der Waals surface area contributed by atoms with Gasteiger partial charge in [0.15, 0.2) is 17.5 Å². The number of hydrogen-bond donors (Lipinski definition) is 3. The van der Waals surface area contributed by atoms with E-state index in [1.807, 2.05) is 0 Å². The second-order valence-corrected chi connectivity index (χ2v) is 23.1. The molecule has 1 aliphatic heterocycles. The number of amides is 1. The number of methoxy groups -OCH3 is 1. The number of ether oxygens (including phenoxy) is 8. The number of carbonyl (C=O) groups excluding carboxylic acids is 7. The van der Waals surface area contributed by atoms with Crippen LogP contribution in [-0.4, -0.2) is 125 Å². The van der Waals surface area contributed by atoms with E-state index in [2.05, 4.69) is 48.7 Å². The van der Waals surface area contributed by atoms with Crippen molar-refractivity contribution in [3.8, 4) is 0 Å². The number of esters is 4. The van der Waals surface area contributed by atoms with Gasteiger partial charge >= 0.3 is 36.1 Å². The maximum absolute atomic E-state index is 15.8. The second kappa shape index (κ2) is 27.4. The number of rotatable bonds is 23. The van der Waals surface area contributed by atoms with Crippen molar-refractivity contribution < 1.29 is 81.7 Å². The maximum atomic E-state index is 15.8. The fraction of sp³-hybridized carbons (Fsp3) is 0.623. The smallest absolute Gasteiger partial charge is 0.455 e. The highest BCUT2D eigenvalue weighted by molar-refractivity contribution is 5.95. The number of Topliss-reactive ketones (excluding diaryl/α,β-unsaturated/α-hetero) is 1. The van der Waals surface area contributed by atoms with Crippen LogP contribution in [0.15, 0.2) is 89.6 Å². The van der Waals surface area contributed by atoms with E-state index in [-0.39, 0.29) is 36.2 Å². The van der Waals surface area contributed by atoms with Gasteiger partial charge in [0.1, 0.15) is 29.5 Å². The molecule has 18 nitrogen and oxygen atoms in total.